The van der Waals surface area contributed by atoms with E-state index >= 15 is 0 Å². The Morgan fingerprint density at radius 1 is 1.50 bits per heavy atom. The van der Waals surface area contributed by atoms with Gasteiger partial charge in [-0.2, -0.15) is 0 Å². The first-order valence-corrected chi connectivity index (χ1v) is 5.88. The number of halogens is 1. The van der Waals surface area contributed by atoms with Gasteiger partial charge in [0.2, 0.25) is 0 Å². The number of hydrogen-bond donors (Lipinski definition) is 0. The van der Waals surface area contributed by atoms with Crippen LogP contribution < -0.4 is 0 Å². The Bertz CT molecular complexity index is 391. The minimum absolute atomic E-state index is 0.0660. The second-order valence-corrected chi connectivity index (χ2v) is 4.45. The molecule has 1 nitrogen and oxygen atoms in total. The van der Waals surface area contributed by atoms with Gasteiger partial charge in [0.05, 0.1) is 11.6 Å². The molecule has 0 fully saturated rings. The summed E-state index contributed by atoms with van der Waals surface area (Å²) < 4.78 is 5.35. The summed E-state index contributed by atoms with van der Waals surface area (Å²) in [5.41, 5.74) is 1.09. The van der Waals surface area contributed by atoms with Gasteiger partial charge in [-0.05, 0) is 17.5 Å². The molecule has 0 N–H and O–H groups in total. The highest BCUT2D eigenvalue weighted by Gasteiger charge is 2.16. The van der Waals surface area contributed by atoms with Crippen LogP contribution in [0.15, 0.2) is 34.3 Å². The number of hydrogen-bond acceptors (Lipinski definition) is 2. The molecule has 0 bridgehead atoms. The van der Waals surface area contributed by atoms with Gasteiger partial charge in [-0.25, -0.2) is 0 Å². The summed E-state index contributed by atoms with van der Waals surface area (Å²) in [5, 5.41) is 1.97. The lowest BCUT2D eigenvalue weighted by molar-refractivity contribution is 0.512. The molecule has 0 saturated carbocycles. The fourth-order valence-electron chi connectivity index (χ4n) is 1.45. The third-order valence-electron chi connectivity index (χ3n) is 2.17. The monoisotopic (exact) mass is 226 g/mol. The van der Waals surface area contributed by atoms with Crippen molar-refractivity contribution in [3.8, 4) is 0 Å². The van der Waals surface area contributed by atoms with E-state index in [1.54, 1.807) is 17.6 Å². The van der Waals surface area contributed by atoms with Crippen molar-refractivity contribution in [2.75, 3.05) is 0 Å². The maximum Gasteiger partial charge on any atom is 0.108 e. The number of thiophene rings is 1. The van der Waals surface area contributed by atoms with Crippen molar-refractivity contribution in [3.05, 3.63) is 46.0 Å². The van der Waals surface area contributed by atoms with Crippen molar-refractivity contribution in [1.29, 1.82) is 0 Å². The molecule has 0 amide bonds. The van der Waals surface area contributed by atoms with Crippen LogP contribution in [0.2, 0.25) is 0 Å². The Balaban J connectivity index is 2.31. The summed E-state index contributed by atoms with van der Waals surface area (Å²) in [6.45, 7) is 2.07. The Morgan fingerprint density at radius 2 is 2.36 bits per heavy atom. The van der Waals surface area contributed by atoms with Gasteiger partial charge in [0.15, 0.2) is 0 Å². The summed E-state index contributed by atoms with van der Waals surface area (Å²) >= 11 is 8.02. The summed E-state index contributed by atoms with van der Waals surface area (Å²) in [6.07, 6.45) is 2.59. The molecular formula is C11H11ClOS. The van der Waals surface area contributed by atoms with E-state index in [1.807, 2.05) is 17.5 Å². The molecule has 2 heterocycles. The van der Waals surface area contributed by atoms with Crippen molar-refractivity contribution < 1.29 is 4.42 Å². The van der Waals surface area contributed by atoms with Crippen LogP contribution in [0, 0.1) is 0 Å². The summed E-state index contributed by atoms with van der Waals surface area (Å²) in [4.78, 5) is 1.17. The average Bonchev–Trinajstić information content (AvgIpc) is 2.87. The van der Waals surface area contributed by atoms with Crippen LogP contribution in [0.5, 0.6) is 0 Å². The number of alkyl halides is 1. The predicted octanol–water partition coefficient (Wildman–Crippen LogP) is 4.23. The van der Waals surface area contributed by atoms with Crippen molar-refractivity contribution in [3.63, 3.8) is 0 Å². The zero-order valence-corrected chi connectivity index (χ0v) is 9.44. The Kier molecular flexibility index (Phi) is 2.94. The van der Waals surface area contributed by atoms with Gasteiger partial charge >= 0.3 is 0 Å². The van der Waals surface area contributed by atoms with E-state index in [-0.39, 0.29) is 5.38 Å². The van der Waals surface area contributed by atoms with Crippen LogP contribution in [0.3, 0.4) is 0 Å². The van der Waals surface area contributed by atoms with Crippen LogP contribution in [0.4, 0.5) is 0 Å². The zero-order chi connectivity index (χ0) is 9.97. The zero-order valence-electron chi connectivity index (χ0n) is 7.87. The van der Waals surface area contributed by atoms with Crippen LogP contribution in [-0.2, 0) is 6.42 Å². The van der Waals surface area contributed by atoms with Gasteiger partial charge < -0.3 is 4.42 Å². The molecule has 0 saturated heterocycles. The predicted molar refractivity (Wildman–Crippen MR) is 60.1 cm³/mol. The smallest absolute Gasteiger partial charge is 0.108 e. The Hall–Kier alpha value is -0.730. The summed E-state index contributed by atoms with van der Waals surface area (Å²) in [5.74, 6) is 0.985. The van der Waals surface area contributed by atoms with E-state index in [0.29, 0.717) is 0 Å². The Morgan fingerprint density at radius 3 is 3.00 bits per heavy atom. The fraction of sp³-hybridized carbons (Fsp3) is 0.273. The first-order valence-electron chi connectivity index (χ1n) is 4.56. The highest BCUT2D eigenvalue weighted by atomic mass is 35.5. The molecule has 3 heteroatoms. The van der Waals surface area contributed by atoms with E-state index in [1.165, 1.54) is 4.88 Å². The van der Waals surface area contributed by atoms with Crippen LogP contribution in [0.25, 0.3) is 0 Å². The lowest BCUT2D eigenvalue weighted by Crippen LogP contribution is -1.92. The van der Waals surface area contributed by atoms with E-state index in [2.05, 4.69) is 13.0 Å². The second kappa shape index (κ2) is 4.20. The van der Waals surface area contributed by atoms with Crippen molar-refractivity contribution in [2.45, 2.75) is 18.7 Å². The minimum Gasteiger partial charge on any atom is -0.469 e. The standard InChI is InChI=1S/C11H11ClOS/c1-2-9-8(5-6-13-9)11(12)10-4-3-7-14-10/h3-7,11H,2H2,1H3. The maximum absolute atomic E-state index is 6.35. The fourth-order valence-corrected chi connectivity index (χ4v) is 2.59. The molecule has 14 heavy (non-hydrogen) atoms. The number of furan rings is 1. The topological polar surface area (TPSA) is 13.1 Å². The normalized spacial score (nSPS) is 13.0. The van der Waals surface area contributed by atoms with Crippen LogP contribution in [-0.4, -0.2) is 0 Å². The van der Waals surface area contributed by atoms with Crippen molar-refractivity contribution in [1.82, 2.24) is 0 Å². The third kappa shape index (κ3) is 1.72. The van der Waals surface area contributed by atoms with E-state index in [0.717, 1.165) is 17.7 Å². The van der Waals surface area contributed by atoms with Gasteiger partial charge in [-0.1, -0.05) is 13.0 Å². The van der Waals surface area contributed by atoms with E-state index < -0.39 is 0 Å². The summed E-state index contributed by atoms with van der Waals surface area (Å²) in [7, 11) is 0. The largest absolute Gasteiger partial charge is 0.469 e. The minimum atomic E-state index is -0.0660. The van der Waals surface area contributed by atoms with Gasteiger partial charge in [0.1, 0.15) is 5.76 Å². The second-order valence-electron chi connectivity index (χ2n) is 3.03. The third-order valence-corrected chi connectivity index (χ3v) is 3.70. The molecule has 0 aliphatic rings. The van der Waals surface area contributed by atoms with Gasteiger partial charge in [-0.3, -0.25) is 0 Å². The first kappa shape index (κ1) is 9.81. The lowest BCUT2D eigenvalue weighted by Gasteiger charge is -2.06. The number of rotatable bonds is 3. The molecule has 0 aromatic carbocycles. The highest BCUT2D eigenvalue weighted by Crippen LogP contribution is 2.34. The lowest BCUT2D eigenvalue weighted by atomic mass is 10.1. The first-order chi connectivity index (χ1) is 6.83. The molecular weight excluding hydrogens is 216 g/mol. The van der Waals surface area contributed by atoms with Crippen molar-refractivity contribution in [2.24, 2.45) is 0 Å². The van der Waals surface area contributed by atoms with Gasteiger partial charge in [0, 0.05) is 16.9 Å². The molecule has 0 aliphatic carbocycles. The molecule has 0 radical (unpaired) electrons. The quantitative estimate of drug-likeness (QED) is 0.714. The van der Waals surface area contributed by atoms with E-state index in [9.17, 15) is 0 Å². The van der Waals surface area contributed by atoms with Crippen LogP contribution in [0.1, 0.15) is 28.5 Å². The number of aryl methyl sites for hydroxylation is 1. The van der Waals surface area contributed by atoms with Gasteiger partial charge in [-0.15, -0.1) is 22.9 Å². The SMILES string of the molecule is CCc1occc1C(Cl)c1cccs1. The van der Waals surface area contributed by atoms with Crippen molar-refractivity contribution >= 4 is 22.9 Å². The summed E-state index contributed by atoms with van der Waals surface area (Å²) in [6, 6.07) is 6.02. The highest BCUT2D eigenvalue weighted by molar-refractivity contribution is 7.10. The molecule has 74 valence electrons. The molecule has 1 unspecified atom stereocenters. The van der Waals surface area contributed by atoms with E-state index in [4.69, 9.17) is 16.0 Å². The Labute approximate surface area is 92.3 Å². The molecule has 2 aromatic heterocycles. The molecule has 2 rings (SSSR count). The molecule has 2 aromatic rings. The molecule has 1 atom stereocenters. The van der Waals surface area contributed by atoms with Crippen LogP contribution >= 0.6 is 22.9 Å². The maximum atomic E-state index is 6.35. The van der Waals surface area contributed by atoms with Gasteiger partial charge in [0.25, 0.3) is 0 Å². The average molecular weight is 227 g/mol. The molecule has 0 aliphatic heterocycles. The molecule has 0 spiro atoms.